The number of nitrogens with zero attached hydrogens (tertiary/aromatic N) is 6. The van der Waals surface area contributed by atoms with Crippen molar-refractivity contribution < 1.29 is 18.5 Å². The minimum Gasteiger partial charge on any atom is -0.347 e. The summed E-state index contributed by atoms with van der Waals surface area (Å²) in [5.74, 6) is -0.362. The molecule has 1 fully saturated rings. The first-order valence-electron chi connectivity index (χ1n) is 13.7. The Hall–Kier alpha value is -4.44. The number of aromatic nitrogens is 4. The van der Waals surface area contributed by atoms with Crippen LogP contribution in [0.1, 0.15) is 48.4 Å². The maximum Gasteiger partial charge on any atom is 0.442 e. The fourth-order valence-corrected chi connectivity index (χ4v) is 6.83. The normalized spacial score (nSPS) is 19.5. The number of anilines is 1. The van der Waals surface area contributed by atoms with Crippen molar-refractivity contribution in [2.24, 2.45) is 0 Å². The van der Waals surface area contributed by atoms with E-state index in [0.29, 0.717) is 47.6 Å². The van der Waals surface area contributed by atoms with Gasteiger partial charge in [0.05, 0.1) is 10.6 Å². The lowest BCUT2D eigenvalue weighted by atomic mass is 9.98. The molecule has 3 aromatic heterocycles. The zero-order valence-electron chi connectivity index (χ0n) is 23.6. The molecule has 3 atom stereocenters. The van der Waals surface area contributed by atoms with E-state index in [-0.39, 0.29) is 39.8 Å². The van der Waals surface area contributed by atoms with Crippen LogP contribution in [0.2, 0.25) is 5.02 Å². The van der Waals surface area contributed by atoms with Gasteiger partial charge < -0.3 is 9.80 Å². The van der Waals surface area contributed by atoms with Crippen LogP contribution < -0.4 is 15.2 Å². The van der Waals surface area contributed by atoms with Crippen molar-refractivity contribution in [3.8, 4) is 16.9 Å². The van der Waals surface area contributed by atoms with Crippen LogP contribution in [-0.4, -0.2) is 56.8 Å². The van der Waals surface area contributed by atoms with Gasteiger partial charge in [0.15, 0.2) is 23.5 Å². The van der Waals surface area contributed by atoms with E-state index in [1.807, 2.05) is 38.7 Å². The number of pyridine rings is 2. The van der Waals surface area contributed by atoms with Crippen LogP contribution in [-0.2, 0) is 4.79 Å². The van der Waals surface area contributed by atoms with Crippen molar-refractivity contribution >= 4 is 40.6 Å². The summed E-state index contributed by atoms with van der Waals surface area (Å²) in [7, 11) is 0. The van der Waals surface area contributed by atoms with Crippen molar-refractivity contribution in [3.05, 3.63) is 87.3 Å². The number of halogens is 2. The van der Waals surface area contributed by atoms with Crippen LogP contribution in [0.4, 0.5) is 10.2 Å². The van der Waals surface area contributed by atoms with Gasteiger partial charge in [0.25, 0.3) is 0 Å². The van der Waals surface area contributed by atoms with Gasteiger partial charge in [0.2, 0.25) is 5.91 Å². The largest absolute Gasteiger partial charge is 0.442 e. The Morgan fingerprint density at radius 1 is 1.19 bits per heavy atom. The SMILES string of the molecule is C=CC(=O)N1C[C@H](C)N(c2nc(=O)n3c4c2cc(Cl)c(-c2c(F)cccc2C=O)[n+]4C(C)c2nccc(C)c2-3)[C@@H](C)C1. The average molecular weight is 588 g/mol. The molecule has 0 N–H and O–H groups in total. The van der Waals surface area contributed by atoms with Crippen molar-refractivity contribution in [2.45, 2.75) is 45.8 Å². The number of fused-ring (bicyclic) bond motifs is 2. The number of aryl methyl sites for hydroxylation is 1. The van der Waals surface area contributed by atoms with Gasteiger partial charge in [-0.15, -0.1) is 4.57 Å². The summed E-state index contributed by atoms with van der Waals surface area (Å²) in [5, 5.41) is 0.767. The zero-order valence-corrected chi connectivity index (χ0v) is 24.4. The summed E-state index contributed by atoms with van der Waals surface area (Å²) in [5.41, 5.74) is 2.39. The molecule has 11 heteroatoms. The quantitative estimate of drug-likeness (QED) is 0.202. The van der Waals surface area contributed by atoms with Crippen LogP contribution in [0.25, 0.3) is 28.0 Å². The summed E-state index contributed by atoms with van der Waals surface area (Å²) < 4.78 is 18.8. The van der Waals surface area contributed by atoms with E-state index in [4.69, 9.17) is 11.6 Å². The number of hydrogen-bond donors (Lipinski definition) is 0. The molecule has 9 nitrogen and oxygen atoms in total. The van der Waals surface area contributed by atoms with Crippen molar-refractivity contribution in [2.75, 3.05) is 18.0 Å². The smallest absolute Gasteiger partial charge is 0.347 e. The molecule has 6 rings (SSSR count). The van der Waals surface area contributed by atoms with Crippen LogP contribution in [0.15, 0.2) is 54.0 Å². The molecule has 5 heterocycles. The lowest BCUT2D eigenvalue weighted by Gasteiger charge is -2.45. The maximum atomic E-state index is 15.5. The minimum absolute atomic E-state index is 0.0398. The third-order valence-electron chi connectivity index (χ3n) is 8.27. The van der Waals surface area contributed by atoms with E-state index in [1.54, 1.807) is 21.7 Å². The average Bonchev–Trinajstić information content (AvgIpc) is 2.96. The van der Waals surface area contributed by atoms with E-state index in [0.717, 1.165) is 5.56 Å². The second kappa shape index (κ2) is 10.1. The lowest BCUT2D eigenvalue weighted by Crippen LogP contribution is -2.59. The first kappa shape index (κ1) is 27.7. The molecule has 0 radical (unpaired) electrons. The maximum absolute atomic E-state index is 15.5. The predicted octanol–water partition coefficient (Wildman–Crippen LogP) is 4.18. The van der Waals surface area contributed by atoms with E-state index >= 15 is 4.39 Å². The Labute approximate surface area is 246 Å². The molecule has 1 aromatic carbocycles. The van der Waals surface area contributed by atoms with Gasteiger partial charge in [0.1, 0.15) is 22.9 Å². The van der Waals surface area contributed by atoms with Gasteiger partial charge in [-0.3, -0.25) is 14.6 Å². The summed E-state index contributed by atoms with van der Waals surface area (Å²) in [4.78, 5) is 51.5. The fourth-order valence-electron chi connectivity index (χ4n) is 6.54. The van der Waals surface area contributed by atoms with E-state index in [1.165, 1.54) is 28.8 Å². The Morgan fingerprint density at radius 2 is 1.90 bits per heavy atom. The van der Waals surface area contributed by atoms with Crippen molar-refractivity contribution in [1.29, 1.82) is 0 Å². The number of benzene rings is 1. The number of aldehydes is 1. The molecule has 2 aliphatic heterocycles. The molecule has 1 saturated heterocycles. The molecular weight excluding hydrogens is 559 g/mol. The number of rotatable bonds is 4. The zero-order chi connectivity index (χ0) is 30.0. The van der Waals surface area contributed by atoms with Gasteiger partial charge in [-0.1, -0.05) is 30.3 Å². The van der Waals surface area contributed by atoms with Gasteiger partial charge >= 0.3 is 11.3 Å². The van der Waals surface area contributed by atoms with Crippen molar-refractivity contribution in [3.63, 3.8) is 0 Å². The summed E-state index contributed by atoms with van der Waals surface area (Å²) in [6, 6.07) is 6.91. The van der Waals surface area contributed by atoms with Gasteiger partial charge in [-0.2, -0.15) is 4.98 Å². The molecule has 4 aromatic rings. The Bertz CT molecular complexity index is 1880. The monoisotopic (exact) mass is 587 g/mol. The van der Waals surface area contributed by atoms with E-state index in [9.17, 15) is 14.4 Å². The van der Waals surface area contributed by atoms with Crippen molar-refractivity contribution in [1.82, 2.24) is 19.4 Å². The molecule has 42 heavy (non-hydrogen) atoms. The highest BCUT2D eigenvalue weighted by Gasteiger charge is 2.42. The third-order valence-corrected chi connectivity index (χ3v) is 8.56. The standard InChI is InChI=1S/C31H29ClFN6O3/c1-6-24(41)36-13-17(3)37(18(4)14-36)29-21-12-22(32)28(25-20(15-40)8-7-9-23(25)33)38-19(5)26-27(16(2)10-11-34-26)39(30(21)38)31(42)35-29/h6-12,15,17-19H,1,13-14H2,2-5H3/q+1/t17-,18-,19?/m0/s1. The molecule has 1 unspecified atom stereocenters. The number of amides is 1. The van der Waals surface area contributed by atoms with Crippen LogP contribution in [0.3, 0.4) is 0 Å². The van der Waals surface area contributed by atoms with E-state index < -0.39 is 17.5 Å². The van der Waals surface area contributed by atoms with Gasteiger partial charge in [0, 0.05) is 42.5 Å². The molecule has 0 spiro atoms. The number of carbonyl (C=O) groups excluding carboxylic acids is 2. The summed E-state index contributed by atoms with van der Waals surface area (Å²) in [6.07, 6.45) is 3.55. The highest BCUT2D eigenvalue weighted by molar-refractivity contribution is 6.33. The second-order valence-corrected chi connectivity index (χ2v) is 11.3. The highest BCUT2D eigenvalue weighted by Crippen LogP contribution is 2.40. The Morgan fingerprint density at radius 3 is 2.57 bits per heavy atom. The molecule has 1 amide bonds. The number of hydrogen-bond acceptors (Lipinski definition) is 6. The third kappa shape index (κ3) is 3.96. The van der Waals surface area contributed by atoms with Gasteiger partial charge in [-0.05, 0) is 52.0 Å². The second-order valence-electron chi connectivity index (χ2n) is 10.9. The minimum atomic E-state index is -0.617. The van der Waals surface area contributed by atoms with Crippen LogP contribution >= 0.6 is 11.6 Å². The summed E-state index contributed by atoms with van der Waals surface area (Å²) >= 11 is 7.01. The Balaban J connectivity index is 1.73. The molecule has 0 bridgehead atoms. The lowest BCUT2D eigenvalue weighted by molar-refractivity contribution is -0.679. The molecule has 214 valence electrons. The summed E-state index contributed by atoms with van der Waals surface area (Å²) in [6.45, 7) is 12.2. The molecule has 0 saturated carbocycles. The highest BCUT2D eigenvalue weighted by atomic mass is 35.5. The molecule has 0 aliphatic carbocycles. The molecule has 2 aliphatic rings. The van der Waals surface area contributed by atoms with Crippen LogP contribution in [0.5, 0.6) is 0 Å². The van der Waals surface area contributed by atoms with Crippen LogP contribution in [0, 0.1) is 12.7 Å². The number of carbonyl (C=O) groups is 2. The molecular formula is C31H29ClFN6O3+. The Kier molecular flexibility index (Phi) is 6.68. The first-order chi connectivity index (χ1) is 20.1. The topological polar surface area (TPSA) is 92.3 Å². The van der Waals surface area contributed by atoms with E-state index in [2.05, 4.69) is 16.5 Å². The predicted molar refractivity (Wildman–Crippen MR) is 158 cm³/mol. The fraction of sp³-hybridized carbons (Fsp3) is 0.290. The first-order valence-corrected chi connectivity index (χ1v) is 14.1. The number of piperazine rings is 1. The van der Waals surface area contributed by atoms with Gasteiger partial charge in [-0.25, -0.2) is 13.8 Å².